The second-order valence-corrected chi connectivity index (χ2v) is 6.05. The van der Waals surface area contributed by atoms with Gasteiger partial charge in [0.05, 0.1) is 0 Å². The summed E-state index contributed by atoms with van der Waals surface area (Å²) in [6.07, 6.45) is 10.2. The predicted octanol–water partition coefficient (Wildman–Crippen LogP) is 2.48. The Bertz CT molecular complexity index is 496. The summed E-state index contributed by atoms with van der Waals surface area (Å²) in [4.78, 5) is 3.78. The van der Waals surface area contributed by atoms with Crippen molar-refractivity contribution in [3.8, 4) is 0 Å². The summed E-state index contributed by atoms with van der Waals surface area (Å²) < 4.78 is 29.8. The third kappa shape index (κ3) is 3.51. The molecule has 1 aliphatic carbocycles. The molecule has 2 atom stereocenters. The van der Waals surface area contributed by atoms with E-state index in [1.54, 1.807) is 37.5 Å². The van der Waals surface area contributed by atoms with Crippen LogP contribution in [0.2, 0.25) is 0 Å². The molecule has 0 aliphatic heterocycles. The maximum Gasteiger partial charge on any atom is 0.274 e. The second-order valence-electron chi connectivity index (χ2n) is 4.22. The van der Waals surface area contributed by atoms with Gasteiger partial charge >= 0.3 is 0 Å². The third-order valence-electron chi connectivity index (χ3n) is 2.96. The topological polar surface area (TPSA) is 67.3 Å². The van der Waals surface area contributed by atoms with Crippen LogP contribution in [0.3, 0.4) is 0 Å². The normalized spacial score (nSPS) is 26.3. The van der Waals surface area contributed by atoms with E-state index in [1.807, 2.05) is 18.2 Å². The lowest BCUT2D eigenvalue weighted by Gasteiger charge is -2.29. The number of hydrogen-bond acceptors (Lipinski definition) is 3. The summed E-state index contributed by atoms with van der Waals surface area (Å²) in [6, 6.07) is 5.72. The molecule has 0 saturated heterocycles. The molecule has 1 aromatic heterocycles. The molecular weight excluding hydrogens is 250 g/mol. The van der Waals surface area contributed by atoms with Gasteiger partial charge in [-0.15, -0.1) is 0 Å². The minimum absolute atomic E-state index is 0.197. The Kier molecular flexibility index (Phi) is 4.81. The van der Waals surface area contributed by atoms with E-state index in [-0.39, 0.29) is 5.92 Å². The number of aromatic nitrogens is 1. The number of nitrogens with zero attached hydrogens (tertiary/aromatic N) is 1. The van der Waals surface area contributed by atoms with E-state index in [1.165, 1.54) is 13.0 Å². The van der Waals surface area contributed by atoms with E-state index in [0.717, 1.165) is 0 Å². The van der Waals surface area contributed by atoms with E-state index in [2.05, 4.69) is 4.98 Å². The summed E-state index contributed by atoms with van der Waals surface area (Å²) in [5.41, 5.74) is 0. The minimum Gasteiger partial charge on any atom is -0.285 e. The van der Waals surface area contributed by atoms with Crippen molar-refractivity contribution in [2.24, 2.45) is 5.92 Å². The number of pyridine rings is 1. The first-order valence-corrected chi connectivity index (χ1v) is 7.00. The fourth-order valence-corrected chi connectivity index (χ4v) is 2.25. The van der Waals surface area contributed by atoms with Crippen LogP contribution in [0.25, 0.3) is 0 Å². The molecule has 1 aromatic rings. The molecule has 4 nitrogen and oxygen atoms in total. The van der Waals surface area contributed by atoms with Gasteiger partial charge in [-0.05, 0) is 25.0 Å². The van der Waals surface area contributed by atoms with Crippen LogP contribution < -0.4 is 0 Å². The molecule has 2 unspecified atom stereocenters. The van der Waals surface area contributed by atoms with E-state index in [9.17, 15) is 8.42 Å². The van der Waals surface area contributed by atoms with E-state index < -0.39 is 14.9 Å². The van der Waals surface area contributed by atoms with Crippen molar-refractivity contribution in [3.05, 3.63) is 54.9 Å². The number of hydrogen-bond donors (Lipinski definition) is 1. The zero-order valence-corrected chi connectivity index (χ0v) is 11.2. The van der Waals surface area contributed by atoms with Crippen LogP contribution in [-0.4, -0.2) is 22.7 Å². The largest absolute Gasteiger partial charge is 0.285 e. The molecule has 1 N–H and O–H groups in total. The fourth-order valence-electron chi connectivity index (χ4n) is 1.45. The highest BCUT2D eigenvalue weighted by Gasteiger charge is 2.40. The summed E-state index contributed by atoms with van der Waals surface area (Å²) in [5, 5.41) is 0. The van der Waals surface area contributed by atoms with Crippen molar-refractivity contribution in [3.63, 3.8) is 0 Å². The minimum atomic E-state index is -4.01. The van der Waals surface area contributed by atoms with Crippen LogP contribution in [0.1, 0.15) is 13.8 Å². The summed E-state index contributed by atoms with van der Waals surface area (Å²) in [6.45, 7) is 3.26. The Morgan fingerprint density at radius 2 is 1.78 bits per heavy atom. The molecule has 0 saturated carbocycles. The first-order valence-electron chi connectivity index (χ1n) is 5.56. The van der Waals surface area contributed by atoms with Gasteiger partial charge in [0.2, 0.25) is 0 Å². The zero-order valence-electron chi connectivity index (χ0n) is 10.4. The molecule has 2 rings (SSSR count). The van der Waals surface area contributed by atoms with Crippen LogP contribution in [-0.2, 0) is 10.1 Å². The average Bonchev–Trinajstić information content (AvgIpc) is 2.35. The van der Waals surface area contributed by atoms with Crippen molar-refractivity contribution < 1.29 is 13.0 Å². The van der Waals surface area contributed by atoms with E-state index >= 15 is 0 Å². The fraction of sp³-hybridized carbons (Fsp3) is 0.308. The number of rotatable bonds is 1. The van der Waals surface area contributed by atoms with Gasteiger partial charge in [0, 0.05) is 12.4 Å². The van der Waals surface area contributed by atoms with Gasteiger partial charge in [-0.3, -0.25) is 9.54 Å². The summed E-state index contributed by atoms with van der Waals surface area (Å²) in [5.74, 6) is -0.197. The highest BCUT2D eigenvalue weighted by molar-refractivity contribution is 7.87. The van der Waals surface area contributed by atoms with Crippen molar-refractivity contribution in [2.75, 3.05) is 0 Å². The Labute approximate surface area is 108 Å². The molecule has 0 aromatic carbocycles. The number of allylic oxidation sites excluding steroid dienone is 3. The van der Waals surface area contributed by atoms with Crippen molar-refractivity contribution in [1.82, 2.24) is 4.98 Å². The second kappa shape index (κ2) is 5.93. The molecule has 0 spiro atoms. The highest BCUT2D eigenvalue weighted by Crippen LogP contribution is 2.30. The van der Waals surface area contributed by atoms with E-state index in [4.69, 9.17) is 4.55 Å². The summed E-state index contributed by atoms with van der Waals surface area (Å²) in [7, 11) is -4.01. The first kappa shape index (κ1) is 14.6. The molecule has 0 radical (unpaired) electrons. The lowest BCUT2D eigenvalue weighted by Crippen LogP contribution is -2.39. The smallest absolute Gasteiger partial charge is 0.274 e. The van der Waals surface area contributed by atoms with Gasteiger partial charge < -0.3 is 0 Å². The van der Waals surface area contributed by atoms with Crippen LogP contribution in [0.15, 0.2) is 54.9 Å². The molecule has 5 heteroatoms. The zero-order chi connectivity index (χ0) is 13.6. The van der Waals surface area contributed by atoms with Gasteiger partial charge in [-0.1, -0.05) is 37.3 Å². The van der Waals surface area contributed by atoms with Crippen molar-refractivity contribution >= 4 is 10.1 Å². The monoisotopic (exact) mass is 267 g/mol. The predicted molar refractivity (Wildman–Crippen MR) is 71.6 cm³/mol. The lowest BCUT2D eigenvalue weighted by atomic mass is 9.91. The Balaban J connectivity index is 0.000000225. The molecular formula is C13H17NO3S. The molecule has 18 heavy (non-hydrogen) atoms. The summed E-state index contributed by atoms with van der Waals surface area (Å²) >= 11 is 0. The quantitative estimate of drug-likeness (QED) is 0.794. The van der Waals surface area contributed by atoms with Gasteiger partial charge in [-0.2, -0.15) is 8.42 Å². The Morgan fingerprint density at radius 1 is 1.17 bits per heavy atom. The Morgan fingerprint density at radius 3 is 2.06 bits per heavy atom. The van der Waals surface area contributed by atoms with Crippen molar-refractivity contribution in [1.29, 1.82) is 0 Å². The molecule has 0 bridgehead atoms. The highest BCUT2D eigenvalue weighted by atomic mass is 32.2. The third-order valence-corrected chi connectivity index (χ3v) is 4.58. The molecule has 98 valence electrons. The molecule has 1 heterocycles. The van der Waals surface area contributed by atoms with Crippen LogP contribution in [0.5, 0.6) is 0 Å². The van der Waals surface area contributed by atoms with Gasteiger partial charge in [0.1, 0.15) is 4.75 Å². The van der Waals surface area contributed by atoms with Crippen LogP contribution >= 0.6 is 0 Å². The maximum atomic E-state index is 11.0. The van der Waals surface area contributed by atoms with Gasteiger partial charge in [-0.25, -0.2) is 0 Å². The first-order chi connectivity index (χ1) is 8.38. The lowest BCUT2D eigenvalue weighted by molar-refractivity contribution is 0.426. The SMILES string of the molecule is CC1C=CC=CC1(C)S(=O)(=O)O.c1ccncc1. The van der Waals surface area contributed by atoms with Gasteiger partial charge in [0.15, 0.2) is 0 Å². The van der Waals surface area contributed by atoms with Crippen LogP contribution in [0, 0.1) is 5.92 Å². The Hall–Kier alpha value is -1.46. The maximum absolute atomic E-state index is 11.0. The average molecular weight is 267 g/mol. The van der Waals surface area contributed by atoms with Crippen LogP contribution in [0.4, 0.5) is 0 Å². The van der Waals surface area contributed by atoms with Crippen molar-refractivity contribution in [2.45, 2.75) is 18.6 Å². The molecule has 0 amide bonds. The van der Waals surface area contributed by atoms with Gasteiger partial charge in [0.25, 0.3) is 10.1 Å². The standard InChI is InChI=1S/C8H12O3S.C5H5N/c1-7-5-3-4-6-8(7,2)12(9,10)11;1-2-4-6-5-3-1/h3-7H,1-2H3,(H,9,10,11);1-5H. The van der Waals surface area contributed by atoms with E-state index in [0.29, 0.717) is 0 Å². The molecule has 0 fully saturated rings. The molecule has 1 aliphatic rings.